The van der Waals surface area contributed by atoms with Gasteiger partial charge in [0.25, 0.3) is 0 Å². The van der Waals surface area contributed by atoms with E-state index in [1.165, 1.54) is 44.9 Å². The van der Waals surface area contributed by atoms with Gasteiger partial charge in [-0.05, 0) is 79.4 Å². The Balaban J connectivity index is 1.79. The molecule has 0 radical (unpaired) electrons. The molecule has 1 saturated heterocycles. The molecule has 6 unspecified atom stereocenters. The first kappa shape index (κ1) is 16.8. The molecule has 0 spiro atoms. The average molecular weight is 306 g/mol. The number of rotatable bonds is 0. The molecule has 0 aromatic carbocycles. The van der Waals surface area contributed by atoms with Crippen LogP contribution in [-0.2, 0) is 0 Å². The maximum atomic E-state index is 4.18. The Morgan fingerprint density at radius 2 is 1.32 bits per heavy atom. The Bertz CT molecular complexity index is 361. The van der Waals surface area contributed by atoms with Crippen LogP contribution in [0.1, 0.15) is 86.5 Å². The highest BCUT2D eigenvalue weighted by Crippen LogP contribution is 2.50. The van der Waals surface area contributed by atoms with Gasteiger partial charge in [-0.15, -0.1) is 0 Å². The van der Waals surface area contributed by atoms with Gasteiger partial charge in [0, 0.05) is 12.1 Å². The highest BCUT2D eigenvalue weighted by Gasteiger charge is 2.45. The number of hydrogen-bond acceptors (Lipinski definition) is 1. The zero-order valence-corrected chi connectivity index (χ0v) is 15.9. The van der Waals surface area contributed by atoms with Gasteiger partial charge in [0.15, 0.2) is 0 Å². The molecule has 0 bridgehead atoms. The third-order valence-electron chi connectivity index (χ3n) is 6.88. The first-order valence-electron chi connectivity index (χ1n) is 9.90. The summed E-state index contributed by atoms with van der Waals surface area (Å²) in [5.41, 5.74) is 1.01. The summed E-state index contributed by atoms with van der Waals surface area (Å²) in [6.45, 7) is 15.0. The van der Waals surface area contributed by atoms with Crippen molar-refractivity contribution in [3.63, 3.8) is 0 Å². The number of nitrogens with one attached hydrogen (secondary N) is 1. The van der Waals surface area contributed by atoms with Crippen LogP contribution in [0, 0.1) is 34.5 Å². The van der Waals surface area contributed by atoms with Gasteiger partial charge < -0.3 is 5.32 Å². The van der Waals surface area contributed by atoms with Crippen LogP contribution in [-0.4, -0.2) is 12.1 Å². The summed E-state index contributed by atoms with van der Waals surface area (Å²) >= 11 is 0. The fourth-order valence-electron chi connectivity index (χ4n) is 6.81. The first-order chi connectivity index (χ1) is 10.1. The van der Waals surface area contributed by atoms with E-state index in [1.54, 1.807) is 0 Å². The van der Waals surface area contributed by atoms with E-state index in [2.05, 4.69) is 46.9 Å². The van der Waals surface area contributed by atoms with E-state index in [1.807, 2.05) is 0 Å². The Labute approximate surface area is 139 Å². The highest BCUT2D eigenvalue weighted by atomic mass is 15.0. The lowest BCUT2D eigenvalue weighted by molar-refractivity contribution is 0.115. The van der Waals surface area contributed by atoms with E-state index in [-0.39, 0.29) is 0 Å². The molecule has 1 N–H and O–H groups in total. The van der Waals surface area contributed by atoms with Gasteiger partial charge in [0.05, 0.1) is 0 Å². The lowest BCUT2D eigenvalue weighted by Crippen LogP contribution is -2.53. The predicted molar refractivity (Wildman–Crippen MR) is 95.9 cm³/mol. The smallest absolute Gasteiger partial charge is 0.0103 e. The van der Waals surface area contributed by atoms with Crippen molar-refractivity contribution in [3.8, 4) is 0 Å². The van der Waals surface area contributed by atoms with Crippen LogP contribution < -0.4 is 5.32 Å². The lowest BCUT2D eigenvalue weighted by atomic mass is 9.71. The molecule has 1 aliphatic heterocycles. The second-order valence-electron chi connectivity index (χ2n) is 11.0. The summed E-state index contributed by atoms with van der Waals surface area (Å²) in [7, 11) is 0. The van der Waals surface area contributed by atoms with Crippen molar-refractivity contribution in [2.75, 3.05) is 0 Å². The molecule has 3 aliphatic rings. The van der Waals surface area contributed by atoms with Crippen LogP contribution in [0.4, 0.5) is 0 Å². The van der Waals surface area contributed by atoms with Gasteiger partial charge >= 0.3 is 0 Å². The number of hydrogen-bond donors (Lipinski definition) is 1. The normalized spacial score (nSPS) is 47.7. The van der Waals surface area contributed by atoms with Gasteiger partial charge in [-0.1, -0.05) is 41.5 Å². The van der Waals surface area contributed by atoms with E-state index in [4.69, 9.17) is 0 Å². The molecule has 0 aromatic heterocycles. The summed E-state index contributed by atoms with van der Waals surface area (Å²) in [5, 5.41) is 4.18. The topological polar surface area (TPSA) is 12.0 Å². The Morgan fingerprint density at radius 1 is 0.682 bits per heavy atom. The molecule has 0 aromatic rings. The fraction of sp³-hybridized carbons (Fsp3) is 1.00. The molecule has 1 heterocycles. The van der Waals surface area contributed by atoms with Gasteiger partial charge in [-0.25, -0.2) is 0 Å². The third-order valence-corrected chi connectivity index (χ3v) is 6.88. The van der Waals surface area contributed by atoms with E-state index in [9.17, 15) is 0 Å². The van der Waals surface area contributed by atoms with E-state index in [0.29, 0.717) is 10.8 Å². The van der Waals surface area contributed by atoms with Crippen molar-refractivity contribution in [1.29, 1.82) is 0 Å². The molecule has 3 rings (SSSR count). The monoisotopic (exact) mass is 305 g/mol. The van der Waals surface area contributed by atoms with Crippen LogP contribution in [0.5, 0.6) is 0 Å². The predicted octanol–water partition coefficient (Wildman–Crippen LogP) is 5.64. The van der Waals surface area contributed by atoms with Gasteiger partial charge in [-0.2, -0.15) is 0 Å². The second kappa shape index (κ2) is 5.80. The van der Waals surface area contributed by atoms with Crippen LogP contribution in [0.2, 0.25) is 0 Å². The molecular weight excluding hydrogens is 266 g/mol. The molecule has 128 valence electrons. The minimum absolute atomic E-state index is 0.492. The zero-order chi connectivity index (χ0) is 16.1. The van der Waals surface area contributed by atoms with Crippen LogP contribution in [0.3, 0.4) is 0 Å². The van der Waals surface area contributed by atoms with E-state index >= 15 is 0 Å². The van der Waals surface area contributed by atoms with E-state index in [0.717, 1.165) is 35.8 Å². The molecular formula is C21H39N. The van der Waals surface area contributed by atoms with Crippen molar-refractivity contribution < 1.29 is 0 Å². The van der Waals surface area contributed by atoms with Gasteiger partial charge in [0.2, 0.25) is 0 Å². The Hall–Kier alpha value is -0.0400. The molecule has 3 fully saturated rings. The van der Waals surface area contributed by atoms with Crippen molar-refractivity contribution in [1.82, 2.24) is 5.32 Å². The van der Waals surface area contributed by atoms with Crippen LogP contribution >= 0.6 is 0 Å². The lowest BCUT2D eigenvalue weighted by Gasteiger charge is -2.44. The maximum Gasteiger partial charge on any atom is 0.0103 e. The zero-order valence-electron chi connectivity index (χ0n) is 15.9. The maximum absolute atomic E-state index is 4.18. The minimum Gasteiger partial charge on any atom is -0.311 e. The third kappa shape index (κ3) is 3.71. The standard InChI is InChI=1S/C21H39N/c1-14-7-15(2)9-18-16(8-14)10-17-11-20(3,4)13-21(5,6)12-19(17)22-18/h14-19,22H,7-13H2,1-6H3. The SMILES string of the molecule is CC1CC(C)CC2NC3CC(C)(C)CC(C)(C)CC3CC2C1. The van der Waals surface area contributed by atoms with Crippen molar-refractivity contribution >= 4 is 0 Å². The Morgan fingerprint density at radius 3 is 2.05 bits per heavy atom. The Kier molecular flexibility index (Phi) is 4.43. The molecule has 6 atom stereocenters. The summed E-state index contributed by atoms with van der Waals surface area (Å²) in [5.74, 6) is 3.69. The summed E-state index contributed by atoms with van der Waals surface area (Å²) < 4.78 is 0. The first-order valence-corrected chi connectivity index (χ1v) is 9.90. The van der Waals surface area contributed by atoms with Gasteiger partial charge in [-0.3, -0.25) is 0 Å². The van der Waals surface area contributed by atoms with E-state index < -0.39 is 0 Å². The average Bonchev–Trinajstić information content (AvgIpc) is 2.48. The largest absolute Gasteiger partial charge is 0.311 e. The van der Waals surface area contributed by atoms with Crippen LogP contribution in [0.25, 0.3) is 0 Å². The summed E-state index contributed by atoms with van der Waals surface area (Å²) in [6, 6.07) is 1.58. The van der Waals surface area contributed by atoms with Crippen LogP contribution in [0.15, 0.2) is 0 Å². The van der Waals surface area contributed by atoms with Crippen molar-refractivity contribution in [2.45, 2.75) is 98.6 Å². The molecule has 0 amide bonds. The fourth-order valence-corrected chi connectivity index (χ4v) is 6.81. The minimum atomic E-state index is 0.492. The number of piperidine rings is 1. The molecule has 22 heavy (non-hydrogen) atoms. The molecule has 2 saturated carbocycles. The number of fused-ring (bicyclic) bond motifs is 2. The molecule has 1 nitrogen and oxygen atoms in total. The van der Waals surface area contributed by atoms with Gasteiger partial charge in [0.1, 0.15) is 0 Å². The summed E-state index contributed by atoms with van der Waals surface area (Å²) in [4.78, 5) is 0. The molecule has 2 aliphatic carbocycles. The molecule has 1 heteroatoms. The second-order valence-corrected chi connectivity index (χ2v) is 11.0. The van der Waals surface area contributed by atoms with Crippen molar-refractivity contribution in [3.05, 3.63) is 0 Å². The summed E-state index contributed by atoms with van der Waals surface area (Å²) in [6.07, 6.45) is 10.0. The highest BCUT2D eigenvalue weighted by molar-refractivity contribution is 5.00. The quantitative estimate of drug-likeness (QED) is 0.610. The van der Waals surface area contributed by atoms with Crippen molar-refractivity contribution in [2.24, 2.45) is 34.5 Å².